The first-order chi connectivity index (χ1) is 10.2. The molecular weight excluding hydrogens is 290 g/mol. The zero-order valence-corrected chi connectivity index (χ0v) is 13.1. The van der Waals surface area contributed by atoms with Crippen LogP contribution in [0.2, 0.25) is 0 Å². The molecule has 122 valence electrons. The van der Waals surface area contributed by atoms with E-state index in [0.29, 0.717) is 5.76 Å². The van der Waals surface area contributed by atoms with Gasteiger partial charge in [0.05, 0.1) is 18.8 Å². The van der Waals surface area contributed by atoms with Crippen LogP contribution >= 0.6 is 0 Å². The molecule has 3 rings (SSSR count). The molecule has 0 radical (unpaired) electrons. The standard InChI is InChI=1S/C15H21NO6/c1-14(2)18-7-9(20-14)10(17)12-13-11(8(19-12)5-6-16)21-15(3,4)22-13/h5,9-13,17H,7H2,1-4H3/b8-5-/t9-,10-,11+,12+,13+/m1/s1. The van der Waals surface area contributed by atoms with Gasteiger partial charge in [0.2, 0.25) is 0 Å². The summed E-state index contributed by atoms with van der Waals surface area (Å²) in [5.74, 6) is -1.15. The number of nitrogens with zero attached hydrogens (tertiary/aromatic N) is 1. The number of aliphatic hydroxyl groups excluding tert-OH is 1. The predicted molar refractivity (Wildman–Crippen MR) is 73.3 cm³/mol. The van der Waals surface area contributed by atoms with Crippen molar-refractivity contribution >= 4 is 0 Å². The minimum Gasteiger partial charge on any atom is -0.485 e. The quantitative estimate of drug-likeness (QED) is 0.755. The molecule has 5 atom stereocenters. The van der Waals surface area contributed by atoms with E-state index < -0.39 is 42.1 Å². The smallest absolute Gasteiger partial charge is 0.164 e. The fourth-order valence-corrected chi connectivity index (χ4v) is 3.08. The summed E-state index contributed by atoms with van der Waals surface area (Å²) < 4.78 is 28.5. The van der Waals surface area contributed by atoms with Crippen LogP contribution in [-0.2, 0) is 23.7 Å². The van der Waals surface area contributed by atoms with Gasteiger partial charge in [-0.2, -0.15) is 5.26 Å². The fourth-order valence-electron chi connectivity index (χ4n) is 3.08. The van der Waals surface area contributed by atoms with Crippen LogP contribution in [0.15, 0.2) is 11.8 Å². The molecule has 0 amide bonds. The maximum atomic E-state index is 10.6. The Morgan fingerprint density at radius 3 is 2.55 bits per heavy atom. The summed E-state index contributed by atoms with van der Waals surface area (Å²) in [5, 5.41) is 19.5. The van der Waals surface area contributed by atoms with Crippen molar-refractivity contribution in [1.29, 1.82) is 5.26 Å². The van der Waals surface area contributed by atoms with Gasteiger partial charge >= 0.3 is 0 Å². The molecule has 0 saturated carbocycles. The highest BCUT2D eigenvalue weighted by molar-refractivity contribution is 5.21. The Kier molecular flexibility index (Phi) is 3.70. The zero-order valence-electron chi connectivity index (χ0n) is 13.1. The predicted octanol–water partition coefficient (Wildman–Crippen LogP) is 0.825. The van der Waals surface area contributed by atoms with E-state index in [9.17, 15) is 5.11 Å². The van der Waals surface area contributed by atoms with E-state index in [0.717, 1.165) is 0 Å². The molecule has 22 heavy (non-hydrogen) atoms. The van der Waals surface area contributed by atoms with Crippen molar-refractivity contribution in [2.24, 2.45) is 0 Å². The monoisotopic (exact) mass is 311 g/mol. The third-order valence-corrected chi connectivity index (χ3v) is 3.96. The van der Waals surface area contributed by atoms with E-state index >= 15 is 0 Å². The van der Waals surface area contributed by atoms with Gasteiger partial charge in [0, 0.05) is 0 Å². The zero-order chi connectivity index (χ0) is 16.1. The second kappa shape index (κ2) is 5.18. The van der Waals surface area contributed by atoms with E-state index in [1.807, 2.05) is 6.07 Å². The molecule has 7 heteroatoms. The van der Waals surface area contributed by atoms with Crippen LogP contribution in [0.1, 0.15) is 27.7 Å². The lowest BCUT2D eigenvalue weighted by Crippen LogP contribution is -2.46. The first-order valence-corrected chi connectivity index (χ1v) is 7.34. The van der Waals surface area contributed by atoms with Crippen molar-refractivity contribution in [3.05, 3.63) is 11.8 Å². The first kappa shape index (κ1) is 15.7. The highest BCUT2D eigenvalue weighted by Crippen LogP contribution is 2.42. The van der Waals surface area contributed by atoms with Crippen molar-refractivity contribution in [2.75, 3.05) is 6.61 Å². The normalized spacial score (nSPS) is 41.9. The van der Waals surface area contributed by atoms with Crippen LogP contribution in [0, 0.1) is 11.3 Å². The lowest BCUT2D eigenvalue weighted by molar-refractivity contribution is -0.191. The Labute approximate surface area is 129 Å². The molecule has 0 aromatic heterocycles. The number of aliphatic hydroxyl groups is 1. The van der Waals surface area contributed by atoms with E-state index in [-0.39, 0.29) is 6.61 Å². The van der Waals surface area contributed by atoms with Gasteiger partial charge in [-0.3, -0.25) is 0 Å². The fraction of sp³-hybridized carbons (Fsp3) is 0.800. The molecule has 1 N–H and O–H groups in total. The number of fused-ring (bicyclic) bond motifs is 1. The Balaban J connectivity index is 1.79. The second-order valence-electron chi connectivity index (χ2n) is 6.64. The van der Waals surface area contributed by atoms with E-state index in [1.54, 1.807) is 27.7 Å². The first-order valence-electron chi connectivity index (χ1n) is 7.34. The summed E-state index contributed by atoms with van der Waals surface area (Å²) >= 11 is 0. The molecule has 3 saturated heterocycles. The summed E-state index contributed by atoms with van der Waals surface area (Å²) in [4.78, 5) is 0. The largest absolute Gasteiger partial charge is 0.485 e. The number of rotatable bonds is 2. The summed E-state index contributed by atoms with van der Waals surface area (Å²) in [6.45, 7) is 7.43. The van der Waals surface area contributed by atoms with E-state index in [1.165, 1.54) is 6.08 Å². The minimum absolute atomic E-state index is 0.271. The van der Waals surface area contributed by atoms with Crippen LogP contribution in [0.4, 0.5) is 0 Å². The third kappa shape index (κ3) is 2.73. The van der Waals surface area contributed by atoms with Crippen LogP contribution in [0.25, 0.3) is 0 Å². The lowest BCUT2D eigenvalue weighted by Gasteiger charge is -2.28. The van der Waals surface area contributed by atoms with Crippen molar-refractivity contribution in [3.8, 4) is 6.07 Å². The van der Waals surface area contributed by atoms with Crippen LogP contribution in [0.5, 0.6) is 0 Å². The van der Waals surface area contributed by atoms with Gasteiger partial charge in [0.1, 0.15) is 30.2 Å². The number of nitriles is 1. The van der Waals surface area contributed by atoms with E-state index in [2.05, 4.69) is 0 Å². The van der Waals surface area contributed by atoms with Crippen LogP contribution < -0.4 is 0 Å². The molecule has 0 aromatic carbocycles. The summed E-state index contributed by atoms with van der Waals surface area (Å²) in [7, 11) is 0. The molecular formula is C15H21NO6. The topological polar surface area (TPSA) is 90.2 Å². The molecule has 3 heterocycles. The molecule has 3 fully saturated rings. The number of hydrogen-bond acceptors (Lipinski definition) is 7. The molecule has 3 aliphatic heterocycles. The number of hydrogen-bond donors (Lipinski definition) is 1. The second-order valence-corrected chi connectivity index (χ2v) is 6.64. The maximum Gasteiger partial charge on any atom is 0.164 e. The molecule has 0 unspecified atom stereocenters. The Morgan fingerprint density at radius 1 is 1.23 bits per heavy atom. The molecule has 0 spiro atoms. The van der Waals surface area contributed by atoms with Crippen LogP contribution in [-0.4, -0.2) is 53.8 Å². The highest BCUT2D eigenvalue weighted by Gasteiger charge is 2.57. The maximum absolute atomic E-state index is 10.6. The minimum atomic E-state index is -0.948. The summed E-state index contributed by atoms with van der Waals surface area (Å²) in [6, 6.07) is 1.93. The number of allylic oxidation sites excluding steroid dienone is 1. The third-order valence-electron chi connectivity index (χ3n) is 3.96. The Hall–Kier alpha value is -1.17. The lowest BCUT2D eigenvalue weighted by atomic mass is 10.0. The van der Waals surface area contributed by atoms with Crippen LogP contribution in [0.3, 0.4) is 0 Å². The Morgan fingerprint density at radius 2 is 1.95 bits per heavy atom. The van der Waals surface area contributed by atoms with Gasteiger partial charge in [-0.15, -0.1) is 0 Å². The molecule has 0 aliphatic carbocycles. The van der Waals surface area contributed by atoms with Crippen molar-refractivity contribution in [2.45, 2.75) is 69.8 Å². The van der Waals surface area contributed by atoms with Gasteiger partial charge in [0.15, 0.2) is 17.7 Å². The Bertz CT molecular complexity index is 523. The van der Waals surface area contributed by atoms with Gasteiger partial charge in [-0.25, -0.2) is 0 Å². The number of ether oxygens (including phenoxy) is 5. The van der Waals surface area contributed by atoms with Gasteiger partial charge in [-0.1, -0.05) is 0 Å². The molecule has 7 nitrogen and oxygen atoms in total. The molecule has 0 bridgehead atoms. The highest BCUT2D eigenvalue weighted by atomic mass is 16.8. The van der Waals surface area contributed by atoms with Crippen molar-refractivity contribution in [3.63, 3.8) is 0 Å². The van der Waals surface area contributed by atoms with Gasteiger partial charge in [0.25, 0.3) is 0 Å². The van der Waals surface area contributed by atoms with Crippen molar-refractivity contribution < 1.29 is 28.8 Å². The average Bonchev–Trinajstić information content (AvgIpc) is 3.01. The SMILES string of the molecule is CC1(C)OC[C@H]([C@@H](O)[C@@H]2O/C(=C\C#N)[C@@H]3OC(C)(C)O[C@H]23)O1. The van der Waals surface area contributed by atoms with Gasteiger partial charge in [-0.05, 0) is 27.7 Å². The van der Waals surface area contributed by atoms with Crippen molar-refractivity contribution in [1.82, 2.24) is 0 Å². The molecule has 3 aliphatic rings. The van der Waals surface area contributed by atoms with E-state index in [4.69, 9.17) is 28.9 Å². The summed E-state index contributed by atoms with van der Waals surface area (Å²) in [5.41, 5.74) is 0. The molecule has 0 aromatic rings. The average molecular weight is 311 g/mol. The summed E-state index contributed by atoms with van der Waals surface area (Å²) in [6.07, 6.45) is -1.84. The van der Waals surface area contributed by atoms with Gasteiger partial charge < -0.3 is 28.8 Å².